The van der Waals surface area contributed by atoms with Gasteiger partial charge in [-0.25, -0.2) is 0 Å². The lowest BCUT2D eigenvalue weighted by molar-refractivity contribution is -0.118. The highest BCUT2D eigenvalue weighted by molar-refractivity contribution is 14.1. The maximum Gasteiger partial charge on any atom is 0.262 e. The maximum absolute atomic E-state index is 11.9. The Hall–Kier alpha value is -1.27. The topological polar surface area (TPSA) is 38.3 Å². The Morgan fingerprint density at radius 3 is 2.52 bits per heavy atom. The molecule has 0 aliphatic heterocycles. The van der Waals surface area contributed by atoms with Gasteiger partial charge in [-0.15, -0.1) is 0 Å². The minimum Gasteiger partial charge on any atom is -0.484 e. The van der Waals surface area contributed by atoms with Crippen molar-refractivity contribution in [2.75, 3.05) is 11.9 Å². The zero-order chi connectivity index (χ0) is 15.4. The van der Waals surface area contributed by atoms with Gasteiger partial charge in [0.1, 0.15) is 5.75 Å². The number of carbonyl (C=O) groups excluding carboxylic acids is 1. The second kappa shape index (κ2) is 7.13. The van der Waals surface area contributed by atoms with Crippen molar-refractivity contribution in [3.63, 3.8) is 0 Å². The first-order valence-corrected chi connectivity index (χ1v) is 7.86. The first-order chi connectivity index (χ1) is 9.95. The third kappa shape index (κ3) is 4.61. The smallest absolute Gasteiger partial charge is 0.262 e. The number of halogens is 2. The van der Waals surface area contributed by atoms with Crippen LogP contribution in [0.4, 0.5) is 5.69 Å². The molecule has 21 heavy (non-hydrogen) atoms. The summed E-state index contributed by atoms with van der Waals surface area (Å²) in [5, 5.41) is 3.33. The number of carbonyl (C=O) groups is 1. The Balaban J connectivity index is 1.97. The van der Waals surface area contributed by atoms with Crippen molar-refractivity contribution < 1.29 is 9.53 Å². The number of aryl methyl sites for hydroxylation is 2. The highest BCUT2D eigenvalue weighted by atomic mass is 127. The number of hydrogen-bond donors (Lipinski definition) is 1. The van der Waals surface area contributed by atoms with Crippen LogP contribution in [0.3, 0.4) is 0 Å². The summed E-state index contributed by atoms with van der Waals surface area (Å²) in [7, 11) is 0. The summed E-state index contributed by atoms with van der Waals surface area (Å²) < 4.78 is 6.56. The van der Waals surface area contributed by atoms with Gasteiger partial charge in [0, 0.05) is 3.57 Å². The molecule has 0 aromatic heterocycles. The Labute approximate surface area is 142 Å². The lowest BCUT2D eigenvalue weighted by Gasteiger charge is -2.12. The number of anilines is 1. The van der Waals surface area contributed by atoms with Crippen molar-refractivity contribution in [2.24, 2.45) is 0 Å². The minimum absolute atomic E-state index is 0.0514. The van der Waals surface area contributed by atoms with Gasteiger partial charge >= 0.3 is 0 Å². The van der Waals surface area contributed by atoms with Gasteiger partial charge in [0.15, 0.2) is 6.61 Å². The fraction of sp³-hybridized carbons (Fsp3) is 0.188. The van der Waals surface area contributed by atoms with Gasteiger partial charge < -0.3 is 10.1 Å². The molecule has 2 aromatic rings. The number of amides is 1. The average molecular weight is 416 g/mol. The van der Waals surface area contributed by atoms with Crippen LogP contribution in [0.2, 0.25) is 5.02 Å². The molecule has 0 atom stereocenters. The third-order valence-electron chi connectivity index (χ3n) is 2.88. The summed E-state index contributed by atoms with van der Waals surface area (Å²) in [5.74, 6) is 0.430. The van der Waals surface area contributed by atoms with Crippen molar-refractivity contribution in [2.45, 2.75) is 13.8 Å². The van der Waals surface area contributed by atoms with Gasteiger partial charge in [-0.1, -0.05) is 17.7 Å². The highest BCUT2D eigenvalue weighted by Gasteiger charge is 2.10. The van der Waals surface area contributed by atoms with E-state index in [9.17, 15) is 4.79 Å². The largest absolute Gasteiger partial charge is 0.484 e. The highest BCUT2D eigenvalue weighted by Crippen LogP contribution is 2.27. The van der Waals surface area contributed by atoms with Gasteiger partial charge in [0.05, 0.1) is 10.7 Å². The predicted molar refractivity (Wildman–Crippen MR) is 94.2 cm³/mol. The van der Waals surface area contributed by atoms with E-state index in [0.717, 1.165) is 14.7 Å². The van der Waals surface area contributed by atoms with Crippen molar-refractivity contribution in [1.82, 2.24) is 0 Å². The minimum atomic E-state index is -0.234. The second-order valence-electron chi connectivity index (χ2n) is 4.73. The molecule has 2 aromatic carbocycles. The molecule has 0 aliphatic carbocycles. The standard InChI is InChI=1S/C16H15ClINO2/c1-10-7-11(2)16(14(17)8-10)19-15(20)9-21-13-5-3-12(18)4-6-13/h3-8H,9H2,1-2H3,(H,19,20). The number of rotatable bonds is 4. The summed E-state index contributed by atoms with van der Waals surface area (Å²) in [6, 6.07) is 11.3. The van der Waals surface area contributed by atoms with E-state index in [4.69, 9.17) is 16.3 Å². The van der Waals surface area contributed by atoms with Crippen LogP contribution in [0.5, 0.6) is 5.75 Å². The van der Waals surface area contributed by atoms with Gasteiger partial charge in [0.2, 0.25) is 0 Å². The summed E-state index contributed by atoms with van der Waals surface area (Å²) >= 11 is 8.37. The Morgan fingerprint density at radius 2 is 1.90 bits per heavy atom. The molecule has 0 unspecified atom stereocenters. The van der Waals surface area contributed by atoms with E-state index in [1.807, 2.05) is 50.2 Å². The van der Waals surface area contributed by atoms with Crippen LogP contribution < -0.4 is 10.1 Å². The monoisotopic (exact) mass is 415 g/mol. The zero-order valence-corrected chi connectivity index (χ0v) is 14.7. The average Bonchev–Trinajstić information content (AvgIpc) is 2.42. The quantitative estimate of drug-likeness (QED) is 0.743. The van der Waals surface area contributed by atoms with Crippen molar-refractivity contribution in [3.8, 4) is 5.75 Å². The fourth-order valence-corrected chi connectivity index (χ4v) is 2.66. The molecule has 5 heteroatoms. The summed E-state index contributed by atoms with van der Waals surface area (Å²) in [5.41, 5.74) is 2.63. The van der Waals surface area contributed by atoms with Crippen LogP contribution >= 0.6 is 34.2 Å². The van der Waals surface area contributed by atoms with Crippen molar-refractivity contribution in [1.29, 1.82) is 0 Å². The van der Waals surface area contributed by atoms with Gasteiger partial charge in [-0.2, -0.15) is 0 Å². The molecule has 2 rings (SSSR count). The first kappa shape index (κ1) is 16.1. The van der Waals surface area contributed by atoms with E-state index in [0.29, 0.717) is 16.5 Å². The lowest BCUT2D eigenvalue weighted by atomic mass is 10.1. The Morgan fingerprint density at radius 1 is 1.24 bits per heavy atom. The van der Waals surface area contributed by atoms with Crippen LogP contribution in [-0.2, 0) is 4.79 Å². The van der Waals surface area contributed by atoms with Crippen LogP contribution in [0.1, 0.15) is 11.1 Å². The zero-order valence-electron chi connectivity index (χ0n) is 11.7. The van der Waals surface area contributed by atoms with Gasteiger partial charge in [-0.3, -0.25) is 4.79 Å². The van der Waals surface area contributed by atoms with E-state index < -0.39 is 0 Å². The van der Waals surface area contributed by atoms with E-state index in [2.05, 4.69) is 27.9 Å². The molecule has 0 fully saturated rings. The van der Waals surface area contributed by atoms with E-state index in [-0.39, 0.29) is 12.5 Å². The number of nitrogens with one attached hydrogen (secondary N) is 1. The van der Waals surface area contributed by atoms with Gasteiger partial charge in [-0.05, 0) is 77.9 Å². The van der Waals surface area contributed by atoms with Gasteiger partial charge in [0.25, 0.3) is 5.91 Å². The van der Waals surface area contributed by atoms with Crippen LogP contribution in [-0.4, -0.2) is 12.5 Å². The molecule has 0 saturated heterocycles. The van der Waals surface area contributed by atoms with Crippen LogP contribution in [0.25, 0.3) is 0 Å². The molecular weight excluding hydrogens is 401 g/mol. The summed E-state index contributed by atoms with van der Waals surface area (Å²) in [6.07, 6.45) is 0. The lowest BCUT2D eigenvalue weighted by Crippen LogP contribution is -2.21. The fourth-order valence-electron chi connectivity index (χ4n) is 1.93. The predicted octanol–water partition coefficient (Wildman–Crippen LogP) is 4.58. The molecular formula is C16H15ClINO2. The molecule has 1 amide bonds. The van der Waals surface area contributed by atoms with Crippen LogP contribution in [0.15, 0.2) is 36.4 Å². The Bertz CT molecular complexity index is 633. The SMILES string of the molecule is Cc1cc(C)c(NC(=O)COc2ccc(I)cc2)c(Cl)c1. The number of hydrogen-bond acceptors (Lipinski definition) is 2. The number of benzene rings is 2. The molecule has 1 N–H and O–H groups in total. The molecule has 0 saturated carbocycles. The van der Waals surface area contributed by atoms with Crippen LogP contribution in [0, 0.1) is 17.4 Å². The summed E-state index contributed by atoms with van der Waals surface area (Å²) in [6.45, 7) is 3.82. The molecule has 0 aliphatic rings. The van der Waals surface area contributed by atoms with E-state index in [1.165, 1.54) is 0 Å². The molecule has 0 heterocycles. The molecule has 110 valence electrons. The molecule has 0 bridgehead atoms. The van der Waals surface area contributed by atoms with E-state index >= 15 is 0 Å². The van der Waals surface area contributed by atoms with Crippen molar-refractivity contribution >= 4 is 45.8 Å². The molecule has 0 spiro atoms. The van der Waals surface area contributed by atoms with Crippen molar-refractivity contribution in [3.05, 3.63) is 56.1 Å². The summed E-state index contributed by atoms with van der Waals surface area (Å²) in [4.78, 5) is 11.9. The maximum atomic E-state index is 11.9. The normalized spacial score (nSPS) is 10.3. The molecule has 0 radical (unpaired) electrons. The molecule has 3 nitrogen and oxygen atoms in total. The Kier molecular flexibility index (Phi) is 5.47. The van der Waals surface area contributed by atoms with E-state index in [1.54, 1.807) is 0 Å². The first-order valence-electron chi connectivity index (χ1n) is 6.40. The number of ether oxygens (including phenoxy) is 1. The second-order valence-corrected chi connectivity index (χ2v) is 6.38. The third-order valence-corrected chi connectivity index (χ3v) is 3.90.